The molecule has 0 unspecified atom stereocenters. The van der Waals surface area contributed by atoms with E-state index in [1.54, 1.807) is 18.2 Å². The Morgan fingerprint density at radius 3 is 2.70 bits per heavy atom. The number of nitrogens with one attached hydrogen (secondary N) is 1. The van der Waals surface area contributed by atoms with Gasteiger partial charge in [-0.2, -0.15) is 0 Å². The van der Waals surface area contributed by atoms with Crippen LogP contribution in [-0.2, 0) is 0 Å². The van der Waals surface area contributed by atoms with E-state index in [0.29, 0.717) is 29.3 Å². The van der Waals surface area contributed by atoms with Crippen LogP contribution < -0.4 is 15.8 Å². The fourth-order valence-electron chi connectivity index (χ4n) is 1.91. The molecule has 2 aromatic carbocycles. The summed E-state index contributed by atoms with van der Waals surface area (Å²) in [6.45, 7) is 4.28. The van der Waals surface area contributed by atoms with E-state index >= 15 is 0 Å². The number of carbonyl (C=O) groups excluding carboxylic acids is 1. The molecule has 0 spiro atoms. The van der Waals surface area contributed by atoms with Gasteiger partial charge in [-0.1, -0.05) is 18.2 Å². The maximum atomic E-state index is 12.3. The van der Waals surface area contributed by atoms with E-state index in [4.69, 9.17) is 10.5 Å². The molecular weight excluding hydrogens is 252 g/mol. The van der Waals surface area contributed by atoms with Crippen molar-refractivity contribution in [1.82, 2.24) is 0 Å². The molecule has 20 heavy (non-hydrogen) atoms. The molecule has 0 aliphatic heterocycles. The highest BCUT2D eigenvalue weighted by atomic mass is 16.5. The predicted molar refractivity (Wildman–Crippen MR) is 81.2 cm³/mol. The van der Waals surface area contributed by atoms with E-state index in [2.05, 4.69) is 5.32 Å². The first-order valence-corrected chi connectivity index (χ1v) is 6.51. The summed E-state index contributed by atoms with van der Waals surface area (Å²) in [7, 11) is 0. The highest BCUT2D eigenvalue weighted by Crippen LogP contribution is 2.23. The number of nitrogens with two attached hydrogens (primary N) is 1. The van der Waals surface area contributed by atoms with Crippen LogP contribution in [0.1, 0.15) is 22.8 Å². The SMILES string of the molecule is CCOc1ccccc1C(=O)Nc1cccc(N)c1C. The molecule has 0 heterocycles. The van der Waals surface area contributed by atoms with Crippen LogP contribution in [0.4, 0.5) is 11.4 Å². The Kier molecular flexibility index (Phi) is 4.25. The molecule has 4 nitrogen and oxygen atoms in total. The van der Waals surface area contributed by atoms with Crippen molar-refractivity contribution in [2.75, 3.05) is 17.7 Å². The Labute approximate surface area is 118 Å². The van der Waals surface area contributed by atoms with Crippen molar-refractivity contribution >= 4 is 17.3 Å². The highest BCUT2D eigenvalue weighted by Gasteiger charge is 2.13. The lowest BCUT2D eigenvalue weighted by molar-refractivity contribution is 0.102. The minimum atomic E-state index is -0.206. The van der Waals surface area contributed by atoms with Crippen molar-refractivity contribution < 1.29 is 9.53 Å². The first-order valence-electron chi connectivity index (χ1n) is 6.51. The van der Waals surface area contributed by atoms with Gasteiger partial charge in [-0.05, 0) is 43.7 Å². The van der Waals surface area contributed by atoms with E-state index in [9.17, 15) is 4.79 Å². The van der Waals surface area contributed by atoms with Gasteiger partial charge in [0.05, 0.1) is 12.2 Å². The third-order valence-corrected chi connectivity index (χ3v) is 3.06. The Morgan fingerprint density at radius 2 is 1.95 bits per heavy atom. The summed E-state index contributed by atoms with van der Waals surface area (Å²) >= 11 is 0. The van der Waals surface area contributed by atoms with Gasteiger partial charge in [-0.3, -0.25) is 4.79 Å². The number of anilines is 2. The van der Waals surface area contributed by atoms with Crippen molar-refractivity contribution in [3.05, 3.63) is 53.6 Å². The summed E-state index contributed by atoms with van der Waals surface area (Å²) in [6, 6.07) is 12.6. The molecule has 0 radical (unpaired) electrons. The minimum Gasteiger partial charge on any atom is -0.493 e. The highest BCUT2D eigenvalue weighted by molar-refractivity contribution is 6.06. The Hall–Kier alpha value is -2.49. The molecule has 3 N–H and O–H groups in total. The molecule has 0 aliphatic carbocycles. The number of nitrogen functional groups attached to an aromatic ring is 1. The third kappa shape index (κ3) is 2.91. The van der Waals surface area contributed by atoms with Crippen LogP contribution in [0.15, 0.2) is 42.5 Å². The molecule has 0 saturated carbocycles. The monoisotopic (exact) mass is 270 g/mol. The fraction of sp³-hybridized carbons (Fsp3) is 0.188. The molecule has 0 fully saturated rings. The van der Waals surface area contributed by atoms with Crippen LogP contribution in [0.2, 0.25) is 0 Å². The van der Waals surface area contributed by atoms with Crippen LogP contribution in [0, 0.1) is 6.92 Å². The zero-order valence-electron chi connectivity index (χ0n) is 11.6. The van der Waals surface area contributed by atoms with Gasteiger partial charge in [0.15, 0.2) is 0 Å². The second-order valence-corrected chi connectivity index (χ2v) is 4.40. The number of ether oxygens (including phenoxy) is 1. The lowest BCUT2D eigenvalue weighted by atomic mass is 10.1. The summed E-state index contributed by atoms with van der Waals surface area (Å²) in [5.74, 6) is 0.372. The van der Waals surface area contributed by atoms with Gasteiger partial charge in [0, 0.05) is 11.4 Å². The molecule has 4 heteroatoms. The van der Waals surface area contributed by atoms with Gasteiger partial charge in [0.25, 0.3) is 5.91 Å². The number of hydrogen-bond acceptors (Lipinski definition) is 3. The summed E-state index contributed by atoms with van der Waals surface area (Å²) in [5.41, 5.74) is 8.57. The first-order chi connectivity index (χ1) is 9.63. The number of rotatable bonds is 4. The molecule has 2 aromatic rings. The van der Waals surface area contributed by atoms with E-state index in [-0.39, 0.29) is 5.91 Å². The summed E-state index contributed by atoms with van der Waals surface area (Å²) in [6.07, 6.45) is 0. The summed E-state index contributed by atoms with van der Waals surface area (Å²) < 4.78 is 5.46. The Balaban J connectivity index is 2.26. The average molecular weight is 270 g/mol. The molecule has 0 bridgehead atoms. The topological polar surface area (TPSA) is 64.3 Å². The van der Waals surface area contributed by atoms with Crippen LogP contribution in [0.25, 0.3) is 0 Å². The molecule has 2 rings (SSSR count). The second-order valence-electron chi connectivity index (χ2n) is 4.40. The third-order valence-electron chi connectivity index (χ3n) is 3.06. The molecule has 1 amide bonds. The van der Waals surface area contributed by atoms with Gasteiger partial charge in [0.1, 0.15) is 5.75 Å². The van der Waals surface area contributed by atoms with E-state index < -0.39 is 0 Å². The summed E-state index contributed by atoms with van der Waals surface area (Å²) in [5, 5.41) is 2.87. The largest absolute Gasteiger partial charge is 0.493 e. The number of para-hydroxylation sites is 1. The average Bonchev–Trinajstić information content (AvgIpc) is 2.45. The number of benzene rings is 2. The molecule has 104 valence electrons. The van der Waals surface area contributed by atoms with Gasteiger partial charge in [-0.15, -0.1) is 0 Å². The van der Waals surface area contributed by atoms with Crippen LogP contribution in [0.5, 0.6) is 5.75 Å². The van der Waals surface area contributed by atoms with Crippen molar-refractivity contribution in [1.29, 1.82) is 0 Å². The van der Waals surface area contributed by atoms with Crippen LogP contribution in [0.3, 0.4) is 0 Å². The Morgan fingerprint density at radius 1 is 1.20 bits per heavy atom. The van der Waals surface area contributed by atoms with Gasteiger partial charge in [-0.25, -0.2) is 0 Å². The van der Waals surface area contributed by atoms with Crippen molar-refractivity contribution in [3.8, 4) is 5.75 Å². The smallest absolute Gasteiger partial charge is 0.259 e. The lowest BCUT2D eigenvalue weighted by Gasteiger charge is -2.12. The van der Waals surface area contributed by atoms with E-state index in [1.165, 1.54) is 0 Å². The standard InChI is InChI=1S/C16H18N2O2/c1-3-20-15-10-5-4-7-12(15)16(19)18-14-9-6-8-13(17)11(14)2/h4-10H,3,17H2,1-2H3,(H,18,19). The van der Waals surface area contributed by atoms with Gasteiger partial charge < -0.3 is 15.8 Å². The van der Waals surface area contributed by atoms with Crippen LogP contribution in [-0.4, -0.2) is 12.5 Å². The summed E-state index contributed by atoms with van der Waals surface area (Å²) in [4.78, 5) is 12.3. The van der Waals surface area contributed by atoms with Crippen LogP contribution >= 0.6 is 0 Å². The maximum absolute atomic E-state index is 12.3. The minimum absolute atomic E-state index is 0.206. The molecule has 0 aromatic heterocycles. The Bertz CT molecular complexity index is 624. The molecule has 0 atom stereocenters. The van der Waals surface area contributed by atoms with E-state index in [0.717, 1.165) is 5.56 Å². The second kappa shape index (κ2) is 6.10. The molecule has 0 aliphatic rings. The molecule has 0 saturated heterocycles. The van der Waals surface area contributed by atoms with Gasteiger partial charge >= 0.3 is 0 Å². The normalized spacial score (nSPS) is 10.1. The molecular formula is C16H18N2O2. The fourth-order valence-corrected chi connectivity index (χ4v) is 1.91. The number of amides is 1. The maximum Gasteiger partial charge on any atom is 0.259 e. The number of carbonyl (C=O) groups is 1. The van der Waals surface area contributed by atoms with Gasteiger partial charge in [0.2, 0.25) is 0 Å². The first kappa shape index (κ1) is 13.9. The quantitative estimate of drug-likeness (QED) is 0.838. The zero-order valence-corrected chi connectivity index (χ0v) is 11.6. The van der Waals surface area contributed by atoms with Crippen molar-refractivity contribution in [2.24, 2.45) is 0 Å². The van der Waals surface area contributed by atoms with Crippen molar-refractivity contribution in [2.45, 2.75) is 13.8 Å². The van der Waals surface area contributed by atoms with Crippen molar-refractivity contribution in [3.63, 3.8) is 0 Å². The lowest BCUT2D eigenvalue weighted by Crippen LogP contribution is -2.14. The van der Waals surface area contributed by atoms with E-state index in [1.807, 2.05) is 38.1 Å². The predicted octanol–water partition coefficient (Wildman–Crippen LogP) is 3.23. The number of hydrogen-bond donors (Lipinski definition) is 2. The zero-order chi connectivity index (χ0) is 14.5.